The van der Waals surface area contributed by atoms with Gasteiger partial charge in [-0.2, -0.15) is 0 Å². The van der Waals surface area contributed by atoms with Crippen molar-refractivity contribution >= 4 is 11.8 Å². The fourth-order valence-electron chi connectivity index (χ4n) is 1.95. The molecule has 5 nitrogen and oxygen atoms in total. The number of hydrogen-bond donors (Lipinski definition) is 2. The van der Waals surface area contributed by atoms with Gasteiger partial charge in [0.1, 0.15) is 0 Å². The van der Waals surface area contributed by atoms with Crippen LogP contribution in [0.5, 0.6) is 0 Å². The maximum atomic E-state index is 11.8. The number of likely N-dealkylation sites (tertiary alicyclic amines) is 1. The third-order valence-corrected chi connectivity index (χ3v) is 3.04. The highest BCUT2D eigenvalue weighted by Crippen LogP contribution is 2.09. The van der Waals surface area contributed by atoms with E-state index in [0.717, 1.165) is 25.9 Å². The maximum absolute atomic E-state index is 11.8. The average molecular weight is 241 g/mol. The van der Waals surface area contributed by atoms with Crippen molar-refractivity contribution in [2.75, 3.05) is 33.2 Å². The molecule has 2 N–H and O–H groups in total. The first-order valence-electron chi connectivity index (χ1n) is 6.43. The molecule has 17 heavy (non-hydrogen) atoms. The fraction of sp³-hybridized carbons (Fsp3) is 0.833. The van der Waals surface area contributed by atoms with Crippen LogP contribution in [-0.4, -0.2) is 49.9 Å². The van der Waals surface area contributed by atoms with Gasteiger partial charge in [-0.3, -0.25) is 9.59 Å². The van der Waals surface area contributed by atoms with Gasteiger partial charge in [-0.05, 0) is 12.8 Å². The second-order valence-electron chi connectivity index (χ2n) is 4.39. The molecule has 0 aromatic carbocycles. The number of amides is 2. The van der Waals surface area contributed by atoms with Gasteiger partial charge in [0.15, 0.2) is 0 Å². The van der Waals surface area contributed by atoms with Gasteiger partial charge in [0, 0.05) is 33.1 Å². The summed E-state index contributed by atoms with van der Waals surface area (Å²) < 4.78 is 0. The number of rotatable bonds is 5. The molecule has 0 saturated carbocycles. The summed E-state index contributed by atoms with van der Waals surface area (Å²) in [5.74, 6) is 0.156. The normalized spacial score (nSPS) is 16.4. The van der Waals surface area contributed by atoms with E-state index in [2.05, 4.69) is 10.6 Å². The molecule has 1 rings (SSSR count). The van der Waals surface area contributed by atoms with Crippen molar-refractivity contribution < 1.29 is 9.59 Å². The van der Waals surface area contributed by atoms with E-state index in [1.165, 1.54) is 12.8 Å². The summed E-state index contributed by atoms with van der Waals surface area (Å²) in [6, 6.07) is 0. The molecule has 1 saturated heterocycles. The van der Waals surface area contributed by atoms with E-state index in [9.17, 15) is 9.59 Å². The molecular weight excluding hydrogens is 218 g/mol. The summed E-state index contributed by atoms with van der Waals surface area (Å²) in [5, 5.41) is 5.57. The van der Waals surface area contributed by atoms with Gasteiger partial charge in [0.05, 0.1) is 6.54 Å². The smallest absolute Gasteiger partial charge is 0.236 e. The molecule has 0 bridgehead atoms. The number of hydrogen-bond acceptors (Lipinski definition) is 3. The Morgan fingerprint density at radius 3 is 2.35 bits per heavy atom. The zero-order chi connectivity index (χ0) is 12.5. The van der Waals surface area contributed by atoms with E-state index in [-0.39, 0.29) is 11.8 Å². The first-order valence-corrected chi connectivity index (χ1v) is 6.43. The van der Waals surface area contributed by atoms with Crippen molar-refractivity contribution in [3.63, 3.8) is 0 Å². The largest absolute Gasteiger partial charge is 0.359 e. The summed E-state index contributed by atoms with van der Waals surface area (Å²) in [6.07, 6.45) is 5.11. The van der Waals surface area contributed by atoms with Crippen LogP contribution in [0.15, 0.2) is 0 Å². The predicted molar refractivity (Wildman–Crippen MR) is 66.6 cm³/mol. The third kappa shape index (κ3) is 5.68. The van der Waals surface area contributed by atoms with Crippen molar-refractivity contribution in [3.05, 3.63) is 0 Å². The molecule has 0 aromatic heterocycles. The number of carbonyl (C=O) groups is 2. The van der Waals surface area contributed by atoms with Crippen LogP contribution in [0, 0.1) is 0 Å². The molecule has 5 heteroatoms. The van der Waals surface area contributed by atoms with Crippen molar-refractivity contribution in [1.29, 1.82) is 0 Å². The van der Waals surface area contributed by atoms with Gasteiger partial charge in [0.2, 0.25) is 11.8 Å². The molecule has 0 atom stereocenters. The molecular formula is C12H23N3O2. The molecule has 0 unspecified atom stereocenters. The summed E-state index contributed by atoms with van der Waals surface area (Å²) in [5.41, 5.74) is 0. The number of carbonyl (C=O) groups excluding carboxylic acids is 2. The second kappa shape index (κ2) is 8.06. The topological polar surface area (TPSA) is 61.4 Å². The van der Waals surface area contributed by atoms with Gasteiger partial charge >= 0.3 is 0 Å². The highest BCUT2D eigenvalue weighted by atomic mass is 16.2. The van der Waals surface area contributed by atoms with Gasteiger partial charge in [-0.1, -0.05) is 12.8 Å². The Morgan fingerprint density at radius 1 is 1.12 bits per heavy atom. The zero-order valence-electron chi connectivity index (χ0n) is 10.6. The Labute approximate surface area is 103 Å². The standard InChI is InChI=1S/C12H23N3O2/c1-13-11(16)6-7-14-10-12(17)15-8-4-2-3-5-9-15/h14H,2-10H2,1H3,(H,13,16). The second-order valence-corrected chi connectivity index (χ2v) is 4.39. The quantitative estimate of drug-likeness (QED) is 0.672. The lowest BCUT2D eigenvalue weighted by Crippen LogP contribution is -2.39. The lowest BCUT2D eigenvalue weighted by Gasteiger charge is -2.20. The molecule has 0 aromatic rings. The predicted octanol–water partition coefficient (Wildman–Crippen LogP) is 0.115. The van der Waals surface area contributed by atoms with Crippen molar-refractivity contribution in [3.8, 4) is 0 Å². The van der Waals surface area contributed by atoms with Crippen LogP contribution in [0.4, 0.5) is 0 Å². The van der Waals surface area contributed by atoms with Gasteiger partial charge < -0.3 is 15.5 Å². The number of nitrogens with zero attached hydrogens (tertiary/aromatic N) is 1. The van der Waals surface area contributed by atoms with Crippen LogP contribution >= 0.6 is 0 Å². The molecule has 0 spiro atoms. The van der Waals surface area contributed by atoms with Crippen LogP contribution in [0.3, 0.4) is 0 Å². The first-order chi connectivity index (χ1) is 8.24. The van der Waals surface area contributed by atoms with Crippen LogP contribution in [0.2, 0.25) is 0 Å². The molecule has 1 heterocycles. The highest BCUT2D eigenvalue weighted by Gasteiger charge is 2.14. The molecule has 1 fully saturated rings. The number of nitrogens with one attached hydrogen (secondary N) is 2. The van der Waals surface area contributed by atoms with E-state index in [0.29, 0.717) is 19.5 Å². The summed E-state index contributed by atoms with van der Waals surface area (Å²) in [7, 11) is 1.62. The average Bonchev–Trinajstić information content (AvgIpc) is 2.62. The lowest BCUT2D eigenvalue weighted by molar-refractivity contribution is -0.130. The van der Waals surface area contributed by atoms with E-state index in [1.54, 1.807) is 7.05 Å². The monoisotopic (exact) mass is 241 g/mol. The Kier molecular flexibility index (Phi) is 6.62. The minimum Gasteiger partial charge on any atom is -0.359 e. The van der Waals surface area contributed by atoms with Gasteiger partial charge in [0.25, 0.3) is 0 Å². The Bertz CT molecular complexity index is 248. The van der Waals surface area contributed by atoms with E-state index in [1.807, 2.05) is 4.90 Å². The van der Waals surface area contributed by atoms with Crippen LogP contribution in [0.1, 0.15) is 32.1 Å². The van der Waals surface area contributed by atoms with Crippen molar-refractivity contribution in [2.45, 2.75) is 32.1 Å². The molecule has 0 radical (unpaired) electrons. The fourth-order valence-corrected chi connectivity index (χ4v) is 1.95. The SMILES string of the molecule is CNC(=O)CCNCC(=O)N1CCCCCC1. The Balaban J connectivity index is 2.13. The van der Waals surface area contributed by atoms with E-state index >= 15 is 0 Å². The molecule has 98 valence electrons. The molecule has 0 aliphatic carbocycles. The molecule has 2 amide bonds. The maximum Gasteiger partial charge on any atom is 0.236 e. The highest BCUT2D eigenvalue weighted by molar-refractivity contribution is 5.78. The first kappa shape index (κ1) is 14.0. The van der Waals surface area contributed by atoms with E-state index in [4.69, 9.17) is 0 Å². The zero-order valence-corrected chi connectivity index (χ0v) is 10.6. The minimum atomic E-state index is -0.000258. The molecule has 1 aliphatic heterocycles. The Hall–Kier alpha value is -1.10. The minimum absolute atomic E-state index is 0.000258. The lowest BCUT2D eigenvalue weighted by atomic mass is 10.2. The summed E-state index contributed by atoms with van der Waals surface area (Å²) in [4.78, 5) is 24.7. The van der Waals surface area contributed by atoms with E-state index < -0.39 is 0 Å². The van der Waals surface area contributed by atoms with Gasteiger partial charge in [-0.15, -0.1) is 0 Å². The summed E-state index contributed by atoms with van der Waals surface area (Å²) in [6.45, 7) is 2.67. The van der Waals surface area contributed by atoms with Gasteiger partial charge in [-0.25, -0.2) is 0 Å². The van der Waals surface area contributed by atoms with Crippen LogP contribution < -0.4 is 10.6 Å². The van der Waals surface area contributed by atoms with Crippen molar-refractivity contribution in [1.82, 2.24) is 15.5 Å². The third-order valence-electron chi connectivity index (χ3n) is 3.04. The summed E-state index contributed by atoms with van der Waals surface area (Å²) >= 11 is 0. The Morgan fingerprint density at radius 2 is 1.76 bits per heavy atom. The molecule has 1 aliphatic rings. The van der Waals surface area contributed by atoms with Crippen molar-refractivity contribution in [2.24, 2.45) is 0 Å². The van der Waals surface area contributed by atoms with Crippen LogP contribution in [-0.2, 0) is 9.59 Å². The van der Waals surface area contributed by atoms with Crippen LogP contribution in [0.25, 0.3) is 0 Å².